The molecule has 0 spiro atoms. The summed E-state index contributed by atoms with van der Waals surface area (Å²) >= 11 is 0. The molecule has 7 nitrogen and oxygen atoms in total. The van der Waals surface area contributed by atoms with Crippen LogP contribution < -0.4 is 20.7 Å². The van der Waals surface area contributed by atoms with Crippen LogP contribution in [0.2, 0.25) is 0 Å². The molecule has 0 amide bonds. The number of ether oxygens (including phenoxy) is 2. The summed E-state index contributed by atoms with van der Waals surface area (Å²) in [6.07, 6.45) is 0. The first kappa shape index (κ1) is 13.6. The number of rotatable bonds is 5. The van der Waals surface area contributed by atoms with Crippen LogP contribution in [0.15, 0.2) is 42.5 Å². The zero-order valence-electron chi connectivity index (χ0n) is 10.7. The quantitative estimate of drug-likeness (QED) is 0.494. The van der Waals surface area contributed by atoms with Gasteiger partial charge in [-0.1, -0.05) is 6.07 Å². The monoisotopic (exact) mass is 275 g/mol. The fraction of sp³-hybridized carbons (Fsp3) is 0.0769. The van der Waals surface area contributed by atoms with E-state index in [4.69, 9.17) is 15.3 Å². The Morgan fingerprint density at radius 3 is 2.55 bits per heavy atom. The number of non-ortho nitro benzene ring substituents is 1. The molecule has 0 heterocycles. The van der Waals surface area contributed by atoms with E-state index in [0.717, 1.165) is 0 Å². The predicted octanol–water partition coefficient (Wildman–Crippen LogP) is 2.68. The Morgan fingerprint density at radius 2 is 1.90 bits per heavy atom. The van der Waals surface area contributed by atoms with E-state index >= 15 is 0 Å². The first-order chi connectivity index (χ1) is 9.62. The number of nitrogens with one attached hydrogen (secondary N) is 1. The molecule has 20 heavy (non-hydrogen) atoms. The Balaban J connectivity index is 2.32. The SMILES string of the molecule is COc1cccc(Oc2cc(NN)cc([N+](=O)[O-])c2)c1. The molecule has 0 unspecified atom stereocenters. The summed E-state index contributed by atoms with van der Waals surface area (Å²) in [6.45, 7) is 0. The third kappa shape index (κ3) is 3.15. The lowest BCUT2D eigenvalue weighted by molar-refractivity contribution is -0.384. The Hall–Kier alpha value is -2.80. The predicted molar refractivity (Wildman–Crippen MR) is 74.0 cm³/mol. The van der Waals surface area contributed by atoms with Crippen LogP contribution in [-0.4, -0.2) is 12.0 Å². The Kier molecular flexibility index (Phi) is 4.02. The Morgan fingerprint density at radius 1 is 1.15 bits per heavy atom. The fourth-order valence-electron chi connectivity index (χ4n) is 1.63. The van der Waals surface area contributed by atoms with Crippen molar-refractivity contribution in [2.24, 2.45) is 5.84 Å². The summed E-state index contributed by atoms with van der Waals surface area (Å²) in [6, 6.07) is 11.1. The van der Waals surface area contributed by atoms with Gasteiger partial charge in [0, 0.05) is 18.2 Å². The molecule has 0 aliphatic heterocycles. The van der Waals surface area contributed by atoms with Gasteiger partial charge in [-0.3, -0.25) is 16.0 Å². The van der Waals surface area contributed by atoms with E-state index in [1.165, 1.54) is 12.1 Å². The van der Waals surface area contributed by atoms with Crippen molar-refractivity contribution < 1.29 is 14.4 Å². The average Bonchev–Trinajstić information content (AvgIpc) is 2.47. The molecule has 0 radical (unpaired) electrons. The number of benzene rings is 2. The minimum atomic E-state index is -0.515. The highest BCUT2D eigenvalue weighted by atomic mass is 16.6. The molecule has 2 aromatic rings. The van der Waals surface area contributed by atoms with E-state index in [1.54, 1.807) is 37.4 Å². The van der Waals surface area contributed by atoms with Gasteiger partial charge in [0.1, 0.15) is 17.2 Å². The molecular formula is C13H13N3O4. The summed E-state index contributed by atoms with van der Waals surface area (Å²) in [5.41, 5.74) is 2.64. The van der Waals surface area contributed by atoms with Gasteiger partial charge in [-0.2, -0.15) is 0 Å². The second-order valence-corrected chi connectivity index (χ2v) is 3.90. The van der Waals surface area contributed by atoms with Gasteiger partial charge in [0.2, 0.25) is 0 Å². The smallest absolute Gasteiger partial charge is 0.275 e. The normalized spacial score (nSPS) is 9.90. The van der Waals surface area contributed by atoms with Crippen LogP contribution >= 0.6 is 0 Å². The maximum absolute atomic E-state index is 10.8. The number of hydrazine groups is 1. The molecule has 0 aromatic heterocycles. The molecule has 0 fully saturated rings. The number of nitrogen functional groups attached to an aromatic ring is 1. The maximum Gasteiger partial charge on any atom is 0.275 e. The molecule has 3 N–H and O–H groups in total. The first-order valence-corrected chi connectivity index (χ1v) is 5.70. The lowest BCUT2D eigenvalue weighted by atomic mass is 10.2. The van der Waals surface area contributed by atoms with Gasteiger partial charge in [-0.25, -0.2) is 0 Å². The average molecular weight is 275 g/mol. The van der Waals surface area contributed by atoms with Gasteiger partial charge in [0.15, 0.2) is 0 Å². The molecule has 0 bridgehead atoms. The number of nitrogens with zero attached hydrogens (tertiary/aromatic N) is 1. The Labute approximate surface area is 115 Å². The third-order valence-corrected chi connectivity index (χ3v) is 2.55. The molecule has 0 aliphatic rings. The lowest BCUT2D eigenvalue weighted by Gasteiger charge is -2.09. The van der Waals surface area contributed by atoms with Gasteiger partial charge in [0.05, 0.1) is 23.8 Å². The highest BCUT2D eigenvalue weighted by Gasteiger charge is 2.11. The first-order valence-electron chi connectivity index (χ1n) is 5.70. The molecule has 0 saturated heterocycles. The standard InChI is InChI=1S/C13H13N3O4/c1-19-11-3-2-4-12(8-11)20-13-6-9(15-14)5-10(7-13)16(17)18/h2-8,15H,14H2,1H3. The van der Waals surface area contributed by atoms with E-state index in [9.17, 15) is 10.1 Å². The maximum atomic E-state index is 10.8. The van der Waals surface area contributed by atoms with Gasteiger partial charge in [0.25, 0.3) is 5.69 Å². The molecule has 104 valence electrons. The van der Waals surface area contributed by atoms with E-state index in [2.05, 4.69) is 5.43 Å². The summed E-state index contributed by atoms with van der Waals surface area (Å²) in [5, 5.41) is 10.8. The fourth-order valence-corrected chi connectivity index (χ4v) is 1.63. The van der Waals surface area contributed by atoms with Gasteiger partial charge < -0.3 is 14.9 Å². The molecule has 0 aliphatic carbocycles. The van der Waals surface area contributed by atoms with E-state index < -0.39 is 4.92 Å². The number of hydrogen-bond acceptors (Lipinski definition) is 6. The van der Waals surface area contributed by atoms with Crippen LogP contribution in [0, 0.1) is 10.1 Å². The number of hydrogen-bond donors (Lipinski definition) is 2. The van der Waals surface area contributed by atoms with Crippen molar-refractivity contribution in [1.29, 1.82) is 0 Å². The minimum Gasteiger partial charge on any atom is -0.497 e. The largest absolute Gasteiger partial charge is 0.497 e. The second kappa shape index (κ2) is 5.89. The summed E-state index contributed by atoms with van der Waals surface area (Å²) in [5.74, 6) is 6.72. The zero-order valence-corrected chi connectivity index (χ0v) is 10.7. The van der Waals surface area contributed by atoms with Crippen LogP contribution in [0.5, 0.6) is 17.2 Å². The zero-order chi connectivity index (χ0) is 14.5. The van der Waals surface area contributed by atoms with Crippen LogP contribution in [0.1, 0.15) is 0 Å². The summed E-state index contributed by atoms with van der Waals surface area (Å²) in [7, 11) is 1.54. The topological polar surface area (TPSA) is 99.7 Å². The molecule has 7 heteroatoms. The van der Waals surface area contributed by atoms with Crippen LogP contribution in [-0.2, 0) is 0 Å². The van der Waals surface area contributed by atoms with E-state index in [0.29, 0.717) is 22.9 Å². The van der Waals surface area contributed by atoms with Crippen molar-refractivity contribution in [1.82, 2.24) is 0 Å². The number of nitro groups is 1. The van der Waals surface area contributed by atoms with Crippen molar-refractivity contribution in [3.05, 3.63) is 52.6 Å². The third-order valence-electron chi connectivity index (χ3n) is 2.55. The highest BCUT2D eigenvalue weighted by molar-refractivity contribution is 5.56. The van der Waals surface area contributed by atoms with Crippen molar-refractivity contribution in [2.75, 3.05) is 12.5 Å². The molecule has 2 rings (SSSR count). The van der Waals surface area contributed by atoms with Crippen molar-refractivity contribution in [2.45, 2.75) is 0 Å². The van der Waals surface area contributed by atoms with E-state index in [1.807, 2.05) is 0 Å². The number of nitro benzene ring substituents is 1. The van der Waals surface area contributed by atoms with Crippen LogP contribution in [0.4, 0.5) is 11.4 Å². The minimum absolute atomic E-state index is 0.113. The van der Waals surface area contributed by atoms with E-state index in [-0.39, 0.29) is 5.69 Å². The molecule has 0 saturated carbocycles. The summed E-state index contributed by atoms with van der Waals surface area (Å²) < 4.78 is 10.7. The van der Waals surface area contributed by atoms with Gasteiger partial charge in [-0.05, 0) is 12.1 Å². The summed E-state index contributed by atoms with van der Waals surface area (Å²) in [4.78, 5) is 10.3. The van der Waals surface area contributed by atoms with Crippen molar-refractivity contribution in [3.8, 4) is 17.2 Å². The van der Waals surface area contributed by atoms with Crippen molar-refractivity contribution >= 4 is 11.4 Å². The second-order valence-electron chi connectivity index (χ2n) is 3.90. The number of nitrogens with two attached hydrogens (primary N) is 1. The van der Waals surface area contributed by atoms with Crippen LogP contribution in [0.3, 0.4) is 0 Å². The lowest BCUT2D eigenvalue weighted by Crippen LogP contribution is -2.07. The van der Waals surface area contributed by atoms with Gasteiger partial charge >= 0.3 is 0 Å². The highest BCUT2D eigenvalue weighted by Crippen LogP contribution is 2.30. The number of methoxy groups -OCH3 is 1. The van der Waals surface area contributed by atoms with Gasteiger partial charge in [-0.15, -0.1) is 0 Å². The number of anilines is 1. The van der Waals surface area contributed by atoms with Crippen LogP contribution in [0.25, 0.3) is 0 Å². The molecule has 0 atom stereocenters. The van der Waals surface area contributed by atoms with Crippen molar-refractivity contribution in [3.63, 3.8) is 0 Å². The Bertz CT molecular complexity index is 631. The molecule has 2 aromatic carbocycles. The molecular weight excluding hydrogens is 262 g/mol.